The predicted octanol–water partition coefficient (Wildman–Crippen LogP) is 2.68. The Balaban J connectivity index is 3.33. The van der Waals surface area contributed by atoms with Crippen LogP contribution < -0.4 is 5.32 Å². The summed E-state index contributed by atoms with van der Waals surface area (Å²) in [6, 6.07) is 0. The summed E-state index contributed by atoms with van der Waals surface area (Å²) in [5, 5.41) is 2.71. The Bertz CT molecular complexity index is 130. The maximum atomic E-state index is 10.9. The number of alkyl halides is 1. The summed E-state index contributed by atoms with van der Waals surface area (Å²) >= 11 is 2.17. The first-order valence-electron chi connectivity index (χ1n) is 4.28. The Labute approximate surface area is 87.4 Å². The van der Waals surface area contributed by atoms with Crippen LogP contribution in [-0.2, 0) is 4.74 Å². The molecule has 0 aliphatic heterocycles. The van der Waals surface area contributed by atoms with E-state index < -0.39 is 0 Å². The van der Waals surface area contributed by atoms with E-state index in [1.807, 2.05) is 6.92 Å². The van der Waals surface area contributed by atoms with Crippen LogP contribution in [0.1, 0.15) is 33.1 Å². The fourth-order valence-corrected chi connectivity index (χ4v) is 0.835. The molecule has 0 radical (unpaired) electrons. The third-order valence-corrected chi connectivity index (χ3v) is 2.56. The Kier molecular flexibility index (Phi) is 7.64. The number of hydrogen-bond donors (Lipinski definition) is 1. The fourth-order valence-electron chi connectivity index (χ4n) is 0.581. The lowest BCUT2D eigenvalue weighted by atomic mass is 10.4. The summed E-state index contributed by atoms with van der Waals surface area (Å²) in [6.45, 7) is 4.60. The number of unbranched alkanes of at least 4 members (excludes halogenated alkanes) is 1. The molecule has 72 valence electrons. The van der Waals surface area contributed by atoms with Crippen molar-refractivity contribution in [3.05, 3.63) is 0 Å². The van der Waals surface area contributed by atoms with Gasteiger partial charge in [-0.15, -0.1) is 0 Å². The van der Waals surface area contributed by atoms with Crippen molar-refractivity contribution in [2.24, 2.45) is 0 Å². The van der Waals surface area contributed by atoms with Crippen LogP contribution in [0.25, 0.3) is 0 Å². The topological polar surface area (TPSA) is 38.3 Å². The highest BCUT2D eigenvalue weighted by molar-refractivity contribution is 14.1. The van der Waals surface area contributed by atoms with E-state index in [-0.39, 0.29) is 10.1 Å². The molecule has 0 saturated heterocycles. The smallest absolute Gasteiger partial charge is 0.407 e. The third-order valence-electron chi connectivity index (χ3n) is 1.36. The predicted molar refractivity (Wildman–Crippen MR) is 57.5 cm³/mol. The molecule has 0 fully saturated rings. The number of alkyl carbamates (subject to hydrolysis) is 1. The SMILES string of the molecule is CCCCOC(=O)NC(I)CC. The van der Waals surface area contributed by atoms with Gasteiger partial charge < -0.3 is 10.1 Å². The van der Waals surface area contributed by atoms with Gasteiger partial charge in [-0.05, 0) is 12.8 Å². The van der Waals surface area contributed by atoms with Gasteiger partial charge in [0.1, 0.15) is 0 Å². The first-order chi connectivity index (χ1) is 5.70. The first-order valence-corrected chi connectivity index (χ1v) is 5.52. The monoisotopic (exact) mass is 285 g/mol. The molecular weight excluding hydrogens is 269 g/mol. The van der Waals surface area contributed by atoms with Crippen LogP contribution in [0.4, 0.5) is 4.79 Å². The zero-order chi connectivity index (χ0) is 9.40. The molecule has 0 bridgehead atoms. The highest BCUT2D eigenvalue weighted by atomic mass is 127. The lowest BCUT2D eigenvalue weighted by Crippen LogP contribution is -2.30. The van der Waals surface area contributed by atoms with Gasteiger partial charge in [0.05, 0.1) is 10.7 Å². The minimum Gasteiger partial charge on any atom is -0.450 e. The number of carbonyl (C=O) groups is 1. The zero-order valence-corrected chi connectivity index (χ0v) is 9.76. The molecule has 1 amide bonds. The number of amides is 1. The van der Waals surface area contributed by atoms with Gasteiger partial charge in [0.25, 0.3) is 0 Å². The number of hydrogen-bond acceptors (Lipinski definition) is 2. The summed E-state index contributed by atoms with van der Waals surface area (Å²) in [7, 11) is 0. The fraction of sp³-hybridized carbons (Fsp3) is 0.875. The maximum Gasteiger partial charge on any atom is 0.407 e. The Morgan fingerprint density at radius 2 is 2.25 bits per heavy atom. The largest absolute Gasteiger partial charge is 0.450 e. The zero-order valence-electron chi connectivity index (χ0n) is 7.60. The highest BCUT2D eigenvalue weighted by Crippen LogP contribution is 2.00. The van der Waals surface area contributed by atoms with Crippen LogP contribution in [-0.4, -0.2) is 16.7 Å². The van der Waals surface area contributed by atoms with Gasteiger partial charge in [0, 0.05) is 0 Å². The Hall–Kier alpha value is 0. The van der Waals surface area contributed by atoms with Crippen LogP contribution in [0.3, 0.4) is 0 Å². The number of rotatable bonds is 5. The normalized spacial score (nSPS) is 12.2. The standard InChI is InChI=1S/C8H16INO2/c1-3-5-6-12-8(11)10-7(9)4-2/h7H,3-6H2,1-2H3,(H,10,11). The van der Waals surface area contributed by atoms with Crippen molar-refractivity contribution in [3.8, 4) is 0 Å². The van der Waals surface area contributed by atoms with E-state index >= 15 is 0 Å². The van der Waals surface area contributed by atoms with E-state index in [4.69, 9.17) is 4.74 Å². The molecule has 0 heterocycles. The molecule has 0 rings (SSSR count). The van der Waals surface area contributed by atoms with E-state index in [0.717, 1.165) is 19.3 Å². The summed E-state index contributed by atoms with van der Waals surface area (Å²) < 4.78 is 5.08. The van der Waals surface area contributed by atoms with Gasteiger partial charge >= 0.3 is 6.09 Å². The summed E-state index contributed by atoms with van der Waals surface area (Å²) in [5.74, 6) is 0. The molecular formula is C8H16INO2. The van der Waals surface area contributed by atoms with Gasteiger partial charge in [-0.25, -0.2) is 4.79 Å². The van der Waals surface area contributed by atoms with Gasteiger partial charge in [-0.2, -0.15) is 0 Å². The molecule has 1 N–H and O–H groups in total. The molecule has 0 aliphatic carbocycles. The van der Waals surface area contributed by atoms with Crippen LogP contribution in [0.5, 0.6) is 0 Å². The van der Waals surface area contributed by atoms with E-state index in [1.165, 1.54) is 0 Å². The maximum absolute atomic E-state index is 10.9. The molecule has 1 unspecified atom stereocenters. The Morgan fingerprint density at radius 1 is 1.58 bits per heavy atom. The minimum absolute atomic E-state index is 0.178. The van der Waals surface area contributed by atoms with Crippen LogP contribution in [0.2, 0.25) is 0 Å². The van der Waals surface area contributed by atoms with Crippen LogP contribution in [0.15, 0.2) is 0 Å². The quantitative estimate of drug-likeness (QED) is 0.365. The number of ether oxygens (including phenoxy) is 1. The molecule has 3 nitrogen and oxygen atoms in total. The van der Waals surface area contributed by atoms with Crippen molar-refractivity contribution in [2.45, 2.75) is 37.2 Å². The lowest BCUT2D eigenvalue weighted by molar-refractivity contribution is 0.144. The Morgan fingerprint density at radius 3 is 2.75 bits per heavy atom. The molecule has 1 atom stereocenters. The average Bonchev–Trinajstić information content (AvgIpc) is 2.05. The van der Waals surface area contributed by atoms with Gasteiger partial charge in [-0.3, -0.25) is 0 Å². The van der Waals surface area contributed by atoms with Crippen LogP contribution in [0, 0.1) is 0 Å². The van der Waals surface area contributed by atoms with Crippen molar-refractivity contribution < 1.29 is 9.53 Å². The van der Waals surface area contributed by atoms with Crippen molar-refractivity contribution in [1.29, 1.82) is 0 Å². The molecule has 0 aliphatic rings. The summed E-state index contributed by atoms with van der Waals surface area (Å²) in [4.78, 5) is 10.9. The minimum atomic E-state index is -0.301. The van der Waals surface area contributed by atoms with Crippen molar-refractivity contribution in [3.63, 3.8) is 0 Å². The van der Waals surface area contributed by atoms with Crippen molar-refractivity contribution in [1.82, 2.24) is 5.32 Å². The molecule has 0 saturated carbocycles. The molecule has 0 aromatic heterocycles. The van der Waals surface area contributed by atoms with E-state index in [2.05, 4.69) is 34.8 Å². The van der Waals surface area contributed by atoms with E-state index in [0.29, 0.717) is 6.61 Å². The molecule has 0 aromatic rings. The number of carbonyl (C=O) groups excluding carboxylic acids is 1. The lowest BCUT2D eigenvalue weighted by Gasteiger charge is -2.09. The third kappa shape index (κ3) is 6.69. The first kappa shape index (κ1) is 12.0. The van der Waals surface area contributed by atoms with Gasteiger partial charge in [0.15, 0.2) is 0 Å². The van der Waals surface area contributed by atoms with Crippen molar-refractivity contribution in [2.75, 3.05) is 6.61 Å². The molecule has 0 aromatic carbocycles. The second kappa shape index (κ2) is 7.64. The second-order valence-electron chi connectivity index (χ2n) is 2.51. The summed E-state index contributed by atoms with van der Waals surface area (Å²) in [5.41, 5.74) is 0. The van der Waals surface area contributed by atoms with Gasteiger partial charge in [0.2, 0.25) is 0 Å². The number of halogens is 1. The second-order valence-corrected chi connectivity index (χ2v) is 4.01. The number of nitrogens with one attached hydrogen (secondary N) is 1. The van der Waals surface area contributed by atoms with Crippen molar-refractivity contribution >= 4 is 28.7 Å². The van der Waals surface area contributed by atoms with Gasteiger partial charge in [-0.1, -0.05) is 42.9 Å². The highest BCUT2D eigenvalue weighted by Gasteiger charge is 2.05. The molecule has 0 spiro atoms. The average molecular weight is 285 g/mol. The molecule has 12 heavy (non-hydrogen) atoms. The van der Waals surface area contributed by atoms with Crippen LogP contribution >= 0.6 is 22.6 Å². The van der Waals surface area contributed by atoms with E-state index in [1.54, 1.807) is 0 Å². The van der Waals surface area contributed by atoms with E-state index in [9.17, 15) is 4.79 Å². The summed E-state index contributed by atoms with van der Waals surface area (Å²) in [6.07, 6.45) is 2.61. The molecule has 4 heteroatoms.